The molecule has 4 aromatic rings. The summed E-state index contributed by atoms with van der Waals surface area (Å²) in [5.41, 5.74) is 6.38. The van der Waals surface area contributed by atoms with Gasteiger partial charge in [0.25, 0.3) is 0 Å². The molecule has 0 saturated heterocycles. The van der Waals surface area contributed by atoms with Crippen molar-refractivity contribution in [1.29, 1.82) is 0 Å². The van der Waals surface area contributed by atoms with E-state index in [4.69, 9.17) is 9.15 Å². The summed E-state index contributed by atoms with van der Waals surface area (Å²) in [7, 11) is 1.68. The molecular formula is C24H20O3. The van der Waals surface area contributed by atoms with Gasteiger partial charge >= 0.3 is 5.63 Å². The van der Waals surface area contributed by atoms with Crippen LogP contribution in [0.5, 0.6) is 5.75 Å². The first kappa shape index (κ1) is 17.1. The molecule has 1 heterocycles. The maximum absolute atomic E-state index is 12.2. The maximum atomic E-state index is 12.2. The van der Waals surface area contributed by atoms with Gasteiger partial charge in [-0.1, -0.05) is 48.5 Å². The smallest absolute Gasteiger partial charge is 0.336 e. The van der Waals surface area contributed by atoms with Gasteiger partial charge in [-0.15, -0.1) is 0 Å². The molecule has 134 valence electrons. The first-order chi connectivity index (χ1) is 13.1. The fourth-order valence-electron chi connectivity index (χ4n) is 3.80. The summed E-state index contributed by atoms with van der Waals surface area (Å²) in [6, 6.07) is 21.4. The number of rotatable bonds is 3. The Morgan fingerprint density at radius 3 is 2.30 bits per heavy atom. The van der Waals surface area contributed by atoms with Crippen LogP contribution >= 0.6 is 0 Å². The highest BCUT2D eigenvalue weighted by Crippen LogP contribution is 2.40. The Kier molecular flexibility index (Phi) is 4.28. The van der Waals surface area contributed by atoms with E-state index in [1.54, 1.807) is 13.2 Å². The summed E-state index contributed by atoms with van der Waals surface area (Å²) in [4.78, 5) is 12.2. The molecule has 0 aliphatic carbocycles. The normalized spacial score (nSPS) is 10.9. The van der Waals surface area contributed by atoms with Crippen LogP contribution in [-0.2, 0) is 0 Å². The van der Waals surface area contributed by atoms with E-state index in [1.165, 1.54) is 0 Å². The number of ether oxygens (including phenoxy) is 1. The van der Waals surface area contributed by atoms with Crippen LogP contribution in [0.3, 0.4) is 0 Å². The Hall–Kier alpha value is -3.33. The van der Waals surface area contributed by atoms with Crippen molar-refractivity contribution in [2.75, 3.05) is 7.11 Å². The molecule has 4 rings (SSSR count). The highest BCUT2D eigenvalue weighted by Gasteiger charge is 2.18. The van der Waals surface area contributed by atoms with Crippen LogP contribution < -0.4 is 10.4 Å². The Labute approximate surface area is 157 Å². The molecular weight excluding hydrogens is 336 g/mol. The first-order valence-electron chi connectivity index (χ1n) is 8.87. The van der Waals surface area contributed by atoms with Gasteiger partial charge < -0.3 is 9.15 Å². The average Bonchev–Trinajstić information content (AvgIpc) is 2.68. The molecule has 0 radical (unpaired) electrons. The van der Waals surface area contributed by atoms with Gasteiger partial charge in [-0.25, -0.2) is 4.79 Å². The molecule has 3 heteroatoms. The van der Waals surface area contributed by atoms with Gasteiger partial charge in [0.15, 0.2) is 0 Å². The Morgan fingerprint density at radius 2 is 1.56 bits per heavy atom. The van der Waals surface area contributed by atoms with Crippen LogP contribution in [0.4, 0.5) is 0 Å². The van der Waals surface area contributed by atoms with Crippen LogP contribution in [0.15, 0.2) is 75.9 Å². The number of aryl methyl sites for hydroxylation is 2. The van der Waals surface area contributed by atoms with Gasteiger partial charge in [-0.2, -0.15) is 0 Å². The van der Waals surface area contributed by atoms with E-state index in [-0.39, 0.29) is 5.63 Å². The first-order valence-corrected chi connectivity index (χ1v) is 8.87. The summed E-state index contributed by atoms with van der Waals surface area (Å²) < 4.78 is 11.1. The van der Waals surface area contributed by atoms with Gasteiger partial charge in [0.2, 0.25) is 0 Å². The molecule has 27 heavy (non-hydrogen) atoms. The molecule has 1 aromatic heterocycles. The second kappa shape index (κ2) is 6.76. The van der Waals surface area contributed by atoms with Gasteiger partial charge in [-0.3, -0.25) is 0 Å². The monoisotopic (exact) mass is 356 g/mol. The summed E-state index contributed by atoms with van der Waals surface area (Å²) in [5, 5.41) is 0.951. The van der Waals surface area contributed by atoms with Gasteiger partial charge in [-0.05, 0) is 48.2 Å². The minimum Gasteiger partial charge on any atom is -0.496 e. The van der Waals surface area contributed by atoms with E-state index in [0.717, 1.165) is 44.5 Å². The lowest BCUT2D eigenvalue weighted by atomic mass is 9.89. The molecule has 3 nitrogen and oxygen atoms in total. The lowest BCUT2D eigenvalue weighted by molar-refractivity contribution is 0.416. The standard InChI is InChI=1S/C24H20O3/c1-15-13-21-24(16(2)23(15)18-11-7-8-12-20(18)26-3)19(14-22(25)27-21)17-9-5-4-6-10-17/h4-14H,1-3H3. The molecule has 0 aliphatic heterocycles. The van der Waals surface area contributed by atoms with Crippen molar-refractivity contribution >= 4 is 11.0 Å². The Bertz CT molecular complexity index is 1190. The van der Waals surface area contributed by atoms with Gasteiger partial charge in [0, 0.05) is 22.6 Å². The van der Waals surface area contributed by atoms with E-state index in [2.05, 4.69) is 13.0 Å². The van der Waals surface area contributed by atoms with Crippen LogP contribution in [0, 0.1) is 13.8 Å². The van der Waals surface area contributed by atoms with Crippen LogP contribution in [0.1, 0.15) is 11.1 Å². The lowest BCUT2D eigenvalue weighted by Gasteiger charge is -2.17. The molecule has 0 saturated carbocycles. The zero-order valence-corrected chi connectivity index (χ0v) is 15.6. The molecule has 0 fully saturated rings. The molecule has 0 unspecified atom stereocenters. The van der Waals surface area contributed by atoms with E-state index < -0.39 is 0 Å². The Balaban J connectivity index is 2.12. The number of hydrogen-bond acceptors (Lipinski definition) is 3. The van der Waals surface area contributed by atoms with Crippen molar-refractivity contribution in [3.63, 3.8) is 0 Å². The third-order valence-corrected chi connectivity index (χ3v) is 4.94. The maximum Gasteiger partial charge on any atom is 0.336 e. The minimum atomic E-state index is -0.342. The second-order valence-corrected chi connectivity index (χ2v) is 6.61. The number of methoxy groups -OCH3 is 1. The summed E-state index contributed by atoms with van der Waals surface area (Å²) >= 11 is 0. The number of para-hydroxylation sites is 1. The SMILES string of the molecule is COc1ccccc1-c1c(C)cc2oc(=O)cc(-c3ccccc3)c2c1C. The molecule has 0 aliphatic rings. The predicted molar refractivity (Wildman–Crippen MR) is 109 cm³/mol. The Morgan fingerprint density at radius 1 is 0.852 bits per heavy atom. The van der Waals surface area contributed by atoms with Crippen molar-refractivity contribution in [2.45, 2.75) is 13.8 Å². The zero-order valence-electron chi connectivity index (χ0n) is 15.6. The van der Waals surface area contributed by atoms with Crippen LogP contribution in [0.25, 0.3) is 33.2 Å². The lowest BCUT2D eigenvalue weighted by Crippen LogP contribution is -2.01. The zero-order chi connectivity index (χ0) is 19.0. The average molecular weight is 356 g/mol. The van der Waals surface area contributed by atoms with E-state index in [9.17, 15) is 4.79 Å². The fraction of sp³-hybridized carbons (Fsp3) is 0.125. The number of hydrogen-bond donors (Lipinski definition) is 0. The van der Waals surface area contributed by atoms with Crippen LogP contribution in [-0.4, -0.2) is 7.11 Å². The molecule has 0 bridgehead atoms. The van der Waals surface area contributed by atoms with Gasteiger partial charge in [0.05, 0.1) is 7.11 Å². The molecule has 0 spiro atoms. The predicted octanol–water partition coefficient (Wildman–Crippen LogP) is 5.75. The molecule has 3 aromatic carbocycles. The third kappa shape index (κ3) is 2.91. The van der Waals surface area contributed by atoms with E-state index >= 15 is 0 Å². The van der Waals surface area contributed by atoms with E-state index in [1.807, 2.05) is 61.5 Å². The quantitative estimate of drug-likeness (QED) is 0.439. The summed E-state index contributed by atoms with van der Waals surface area (Å²) in [5.74, 6) is 0.821. The molecule has 0 amide bonds. The highest BCUT2D eigenvalue weighted by atomic mass is 16.5. The highest BCUT2D eigenvalue weighted by molar-refractivity contribution is 6.00. The summed E-state index contributed by atoms with van der Waals surface area (Å²) in [6.07, 6.45) is 0. The van der Waals surface area contributed by atoms with Crippen molar-refractivity contribution in [2.24, 2.45) is 0 Å². The van der Waals surface area contributed by atoms with Crippen LogP contribution in [0.2, 0.25) is 0 Å². The minimum absolute atomic E-state index is 0.342. The van der Waals surface area contributed by atoms with Crippen molar-refractivity contribution in [3.05, 3.63) is 88.3 Å². The number of fused-ring (bicyclic) bond motifs is 1. The molecule has 0 atom stereocenters. The fourth-order valence-corrected chi connectivity index (χ4v) is 3.80. The van der Waals surface area contributed by atoms with Crippen molar-refractivity contribution in [1.82, 2.24) is 0 Å². The van der Waals surface area contributed by atoms with Crippen molar-refractivity contribution < 1.29 is 9.15 Å². The molecule has 0 N–H and O–H groups in total. The van der Waals surface area contributed by atoms with Crippen molar-refractivity contribution in [3.8, 4) is 28.0 Å². The second-order valence-electron chi connectivity index (χ2n) is 6.61. The van der Waals surface area contributed by atoms with Gasteiger partial charge in [0.1, 0.15) is 11.3 Å². The number of benzene rings is 3. The van der Waals surface area contributed by atoms with E-state index in [0.29, 0.717) is 5.58 Å². The topological polar surface area (TPSA) is 39.4 Å². The largest absolute Gasteiger partial charge is 0.496 e. The summed E-state index contributed by atoms with van der Waals surface area (Å²) in [6.45, 7) is 4.10. The third-order valence-electron chi connectivity index (χ3n) is 4.94.